The zero-order valence-corrected chi connectivity index (χ0v) is 13.9. The number of para-hydroxylation sites is 1. The van der Waals surface area contributed by atoms with Crippen molar-refractivity contribution in [2.45, 2.75) is 25.7 Å². The van der Waals surface area contributed by atoms with Crippen molar-refractivity contribution in [2.24, 2.45) is 21.7 Å². The maximum atomic E-state index is 5.52. The first-order chi connectivity index (χ1) is 11.6. The summed E-state index contributed by atoms with van der Waals surface area (Å²) >= 11 is 0. The predicted octanol–water partition coefficient (Wildman–Crippen LogP) is 2.11. The molecule has 3 rings (SSSR count). The van der Waals surface area contributed by atoms with Gasteiger partial charge in [0, 0.05) is 11.8 Å². The first-order valence-corrected chi connectivity index (χ1v) is 7.83. The molecular formula is C18H21N5O. The van der Waals surface area contributed by atoms with E-state index in [1.54, 1.807) is 7.11 Å². The molecule has 0 spiro atoms. The van der Waals surface area contributed by atoms with E-state index in [1.165, 1.54) is 0 Å². The predicted molar refractivity (Wildman–Crippen MR) is 95.4 cm³/mol. The molecule has 1 aliphatic rings. The number of fused-ring (bicyclic) bond motifs is 1. The fraction of sp³-hybridized carbons (Fsp3) is 0.278. The summed E-state index contributed by atoms with van der Waals surface area (Å²) in [5.41, 5.74) is 16.1. The summed E-state index contributed by atoms with van der Waals surface area (Å²) < 4.78 is 5.52. The summed E-state index contributed by atoms with van der Waals surface area (Å²) in [5, 5.41) is 8.15. The molecule has 0 amide bonds. The highest BCUT2D eigenvalue weighted by molar-refractivity contribution is 6.04. The molecule has 1 aromatic carbocycles. The zero-order valence-electron chi connectivity index (χ0n) is 13.9. The molecule has 0 bridgehead atoms. The van der Waals surface area contributed by atoms with Crippen LogP contribution in [0.3, 0.4) is 0 Å². The zero-order chi connectivity index (χ0) is 17.1. The Morgan fingerprint density at radius 3 is 2.75 bits per heavy atom. The van der Waals surface area contributed by atoms with Crippen LogP contribution in [-0.4, -0.2) is 23.8 Å². The molecule has 1 unspecified atom stereocenters. The van der Waals surface area contributed by atoms with Crippen LogP contribution in [0.15, 0.2) is 46.7 Å². The molecule has 0 fully saturated rings. The molecular weight excluding hydrogens is 302 g/mol. The summed E-state index contributed by atoms with van der Waals surface area (Å²) in [7, 11) is 1.69. The van der Waals surface area contributed by atoms with Crippen molar-refractivity contribution in [3.63, 3.8) is 0 Å². The van der Waals surface area contributed by atoms with Crippen molar-refractivity contribution >= 4 is 11.7 Å². The quantitative estimate of drug-likeness (QED) is 0.513. The molecule has 1 aromatic heterocycles. The second kappa shape index (κ2) is 6.70. The molecule has 1 heterocycles. The van der Waals surface area contributed by atoms with Gasteiger partial charge >= 0.3 is 0 Å². The Labute approximate surface area is 141 Å². The van der Waals surface area contributed by atoms with Gasteiger partial charge in [0.2, 0.25) is 5.96 Å². The Morgan fingerprint density at radius 1 is 1.21 bits per heavy atom. The van der Waals surface area contributed by atoms with Gasteiger partial charge in [0.25, 0.3) is 0 Å². The largest absolute Gasteiger partial charge is 0.496 e. The molecule has 0 radical (unpaired) electrons. The van der Waals surface area contributed by atoms with Crippen LogP contribution in [0.1, 0.15) is 34.7 Å². The minimum absolute atomic E-state index is 0.0509. The summed E-state index contributed by atoms with van der Waals surface area (Å²) in [5.74, 6) is 1.04. The average Bonchev–Trinajstić information content (AvgIpc) is 2.59. The second-order valence-corrected chi connectivity index (χ2v) is 5.87. The number of rotatable bonds is 3. The maximum Gasteiger partial charge on any atom is 0.211 e. The highest BCUT2D eigenvalue weighted by Crippen LogP contribution is 2.37. The van der Waals surface area contributed by atoms with Gasteiger partial charge in [-0.25, -0.2) is 0 Å². The van der Waals surface area contributed by atoms with Gasteiger partial charge < -0.3 is 16.2 Å². The number of pyridine rings is 1. The number of ether oxygens (including phenoxy) is 1. The minimum Gasteiger partial charge on any atom is -0.496 e. The third-order valence-electron chi connectivity index (χ3n) is 4.27. The molecule has 24 heavy (non-hydrogen) atoms. The Kier molecular flexibility index (Phi) is 4.46. The number of guanidine groups is 1. The lowest BCUT2D eigenvalue weighted by Crippen LogP contribution is -2.24. The normalized spacial score (nSPS) is 18.1. The molecule has 0 saturated carbocycles. The lowest BCUT2D eigenvalue weighted by Gasteiger charge is -2.27. The van der Waals surface area contributed by atoms with Crippen molar-refractivity contribution in [1.29, 1.82) is 0 Å². The number of benzene rings is 1. The monoisotopic (exact) mass is 323 g/mol. The average molecular weight is 323 g/mol. The highest BCUT2D eigenvalue weighted by atomic mass is 16.5. The standard InChI is InChI=1S/C18H21N5O/c1-11-7-8-21-14-9-12(13-5-3-4-6-16(13)24-2)10-15(17(11)14)22-23-18(19)20/h3-8,12H,9-10H2,1-2H3,(H4,19,20,23)/b22-15+. The van der Waals surface area contributed by atoms with E-state index in [9.17, 15) is 0 Å². The number of methoxy groups -OCH3 is 1. The second-order valence-electron chi connectivity index (χ2n) is 5.87. The van der Waals surface area contributed by atoms with Crippen molar-refractivity contribution in [2.75, 3.05) is 7.11 Å². The van der Waals surface area contributed by atoms with Crippen LogP contribution < -0.4 is 16.2 Å². The van der Waals surface area contributed by atoms with E-state index in [1.807, 2.05) is 30.5 Å². The van der Waals surface area contributed by atoms with E-state index in [4.69, 9.17) is 16.2 Å². The van der Waals surface area contributed by atoms with Gasteiger partial charge in [-0.2, -0.15) is 5.10 Å². The first-order valence-electron chi connectivity index (χ1n) is 7.83. The fourth-order valence-electron chi connectivity index (χ4n) is 3.24. The van der Waals surface area contributed by atoms with Crippen LogP contribution in [0.4, 0.5) is 0 Å². The van der Waals surface area contributed by atoms with Gasteiger partial charge in [0.15, 0.2) is 0 Å². The molecule has 1 atom stereocenters. The molecule has 0 saturated heterocycles. The maximum absolute atomic E-state index is 5.52. The van der Waals surface area contributed by atoms with Gasteiger partial charge in [-0.15, -0.1) is 5.10 Å². The van der Waals surface area contributed by atoms with Crippen molar-refractivity contribution in [3.05, 3.63) is 58.9 Å². The SMILES string of the molecule is COc1ccccc1C1C/C(=N\N=C(N)N)c2c(C)ccnc2C1. The van der Waals surface area contributed by atoms with Crippen LogP contribution in [-0.2, 0) is 6.42 Å². The molecule has 0 aliphatic heterocycles. The number of aryl methyl sites for hydroxylation is 1. The summed E-state index contributed by atoms with van der Waals surface area (Å²) in [6.45, 7) is 2.05. The summed E-state index contributed by atoms with van der Waals surface area (Å²) in [6.07, 6.45) is 3.39. The van der Waals surface area contributed by atoms with Gasteiger partial charge in [0.1, 0.15) is 5.75 Å². The van der Waals surface area contributed by atoms with E-state index in [-0.39, 0.29) is 11.9 Å². The number of nitrogens with two attached hydrogens (primary N) is 2. The van der Waals surface area contributed by atoms with Gasteiger partial charge in [-0.3, -0.25) is 4.98 Å². The Bertz CT molecular complexity index is 809. The van der Waals surface area contributed by atoms with E-state index >= 15 is 0 Å². The Balaban J connectivity index is 2.08. The van der Waals surface area contributed by atoms with Crippen LogP contribution in [0, 0.1) is 6.92 Å². The van der Waals surface area contributed by atoms with Crippen LogP contribution >= 0.6 is 0 Å². The number of hydrogen-bond donors (Lipinski definition) is 2. The minimum atomic E-state index is -0.0509. The van der Waals surface area contributed by atoms with Gasteiger partial charge in [0.05, 0.1) is 18.5 Å². The number of hydrogen-bond acceptors (Lipinski definition) is 4. The smallest absolute Gasteiger partial charge is 0.211 e. The number of aromatic nitrogens is 1. The summed E-state index contributed by atoms with van der Waals surface area (Å²) in [4.78, 5) is 4.56. The third kappa shape index (κ3) is 3.08. The molecule has 1 aliphatic carbocycles. The topological polar surface area (TPSA) is 98.9 Å². The Hall–Kier alpha value is -2.89. The molecule has 6 heteroatoms. The van der Waals surface area contributed by atoms with Crippen LogP contribution in [0.25, 0.3) is 0 Å². The van der Waals surface area contributed by atoms with Crippen molar-refractivity contribution in [1.82, 2.24) is 4.98 Å². The van der Waals surface area contributed by atoms with E-state index < -0.39 is 0 Å². The molecule has 124 valence electrons. The van der Waals surface area contributed by atoms with Gasteiger partial charge in [-0.05, 0) is 48.9 Å². The lowest BCUT2D eigenvalue weighted by atomic mass is 9.79. The first kappa shape index (κ1) is 16.0. The molecule has 6 nitrogen and oxygen atoms in total. The lowest BCUT2D eigenvalue weighted by molar-refractivity contribution is 0.405. The van der Waals surface area contributed by atoms with Gasteiger partial charge in [-0.1, -0.05) is 18.2 Å². The Morgan fingerprint density at radius 2 is 2.00 bits per heavy atom. The van der Waals surface area contributed by atoms with Crippen molar-refractivity contribution in [3.8, 4) is 5.75 Å². The van der Waals surface area contributed by atoms with Crippen LogP contribution in [0.5, 0.6) is 5.75 Å². The number of nitrogens with zero attached hydrogens (tertiary/aromatic N) is 3. The van der Waals surface area contributed by atoms with Crippen molar-refractivity contribution < 1.29 is 4.74 Å². The van der Waals surface area contributed by atoms with Crippen LogP contribution in [0.2, 0.25) is 0 Å². The highest BCUT2D eigenvalue weighted by Gasteiger charge is 2.28. The third-order valence-corrected chi connectivity index (χ3v) is 4.27. The van der Waals surface area contributed by atoms with E-state index in [0.29, 0.717) is 0 Å². The summed E-state index contributed by atoms with van der Waals surface area (Å²) in [6, 6.07) is 10.0. The molecule has 4 N–H and O–H groups in total. The molecule has 2 aromatic rings. The van der Waals surface area contributed by atoms with E-state index in [0.717, 1.165) is 46.7 Å². The van der Waals surface area contributed by atoms with E-state index in [2.05, 4.69) is 28.2 Å². The fourth-order valence-corrected chi connectivity index (χ4v) is 3.24.